The van der Waals surface area contributed by atoms with Gasteiger partial charge in [-0.2, -0.15) is 0 Å². The highest BCUT2D eigenvalue weighted by molar-refractivity contribution is 5.85. The zero-order valence-corrected chi connectivity index (χ0v) is 12.0. The lowest BCUT2D eigenvalue weighted by atomic mass is 9.86. The summed E-state index contributed by atoms with van der Waals surface area (Å²) in [5, 5.41) is 3.19. The van der Waals surface area contributed by atoms with Crippen LogP contribution in [0.3, 0.4) is 0 Å². The molecular weight excluding hydrogens is 250 g/mol. The Morgan fingerprint density at radius 3 is 2.67 bits per heavy atom. The fourth-order valence-electron chi connectivity index (χ4n) is 2.99. The molecule has 0 aromatic heterocycles. The lowest BCUT2D eigenvalue weighted by molar-refractivity contribution is -0.123. The van der Waals surface area contributed by atoms with Crippen molar-refractivity contribution in [2.45, 2.75) is 51.1 Å². The number of halogens is 1. The normalized spacial score (nSPS) is 32.9. The fourth-order valence-corrected chi connectivity index (χ4v) is 2.99. The summed E-state index contributed by atoms with van der Waals surface area (Å²) in [6.45, 7) is 4.61. The fraction of sp³-hybridized carbons (Fsp3) is 0.923. The average molecular weight is 276 g/mol. The SMILES string of the molecule is CC1CCCCC1NC(=O)CN1CCC(N)C1.Cl. The van der Waals surface area contributed by atoms with E-state index in [0.717, 1.165) is 25.9 Å². The Kier molecular flexibility index (Phi) is 6.39. The minimum absolute atomic E-state index is 0. The molecule has 2 aliphatic rings. The molecule has 1 heterocycles. The molecule has 4 nitrogen and oxygen atoms in total. The molecule has 2 rings (SSSR count). The molecule has 3 atom stereocenters. The van der Waals surface area contributed by atoms with Crippen molar-refractivity contribution in [3.63, 3.8) is 0 Å². The summed E-state index contributed by atoms with van der Waals surface area (Å²) in [6.07, 6.45) is 5.98. The predicted molar refractivity (Wildman–Crippen MR) is 75.8 cm³/mol. The van der Waals surface area contributed by atoms with Crippen LogP contribution in [0.1, 0.15) is 39.0 Å². The first kappa shape index (κ1) is 15.7. The van der Waals surface area contributed by atoms with Crippen molar-refractivity contribution in [1.82, 2.24) is 10.2 Å². The van der Waals surface area contributed by atoms with E-state index in [4.69, 9.17) is 5.73 Å². The largest absolute Gasteiger partial charge is 0.352 e. The summed E-state index contributed by atoms with van der Waals surface area (Å²) >= 11 is 0. The second-order valence-corrected chi connectivity index (χ2v) is 5.72. The van der Waals surface area contributed by atoms with Gasteiger partial charge in [0.15, 0.2) is 0 Å². The predicted octanol–water partition coefficient (Wildman–Crippen LogP) is 1.14. The monoisotopic (exact) mass is 275 g/mol. The summed E-state index contributed by atoms with van der Waals surface area (Å²) in [5.41, 5.74) is 5.83. The number of likely N-dealkylation sites (tertiary alicyclic amines) is 1. The van der Waals surface area contributed by atoms with E-state index in [0.29, 0.717) is 18.5 Å². The van der Waals surface area contributed by atoms with Crippen molar-refractivity contribution in [2.24, 2.45) is 11.7 Å². The van der Waals surface area contributed by atoms with Crippen molar-refractivity contribution in [2.75, 3.05) is 19.6 Å². The van der Waals surface area contributed by atoms with Gasteiger partial charge in [0, 0.05) is 25.2 Å². The molecule has 18 heavy (non-hydrogen) atoms. The number of hydrogen-bond acceptors (Lipinski definition) is 3. The number of carbonyl (C=O) groups excluding carboxylic acids is 1. The van der Waals surface area contributed by atoms with Gasteiger partial charge in [0.05, 0.1) is 6.54 Å². The second kappa shape index (κ2) is 7.31. The molecule has 2 fully saturated rings. The Labute approximate surface area is 116 Å². The highest BCUT2D eigenvalue weighted by atomic mass is 35.5. The zero-order valence-electron chi connectivity index (χ0n) is 11.2. The smallest absolute Gasteiger partial charge is 0.234 e. The van der Waals surface area contributed by atoms with E-state index in [-0.39, 0.29) is 24.4 Å². The first-order valence-corrected chi connectivity index (χ1v) is 6.92. The Balaban J connectivity index is 0.00000162. The van der Waals surface area contributed by atoms with Crippen LogP contribution < -0.4 is 11.1 Å². The summed E-state index contributed by atoms with van der Waals surface area (Å²) < 4.78 is 0. The number of nitrogens with two attached hydrogens (primary N) is 1. The molecule has 5 heteroatoms. The van der Waals surface area contributed by atoms with Crippen LogP contribution in [0.25, 0.3) is 0 Å². The van der Waals surface area contributed by atoms with Crippen molar-refractivity contribution >= 4 is 18.3 Å². The van der Waals surface area contributed by atoms with Crippen molar-refractivity contribution in [3.8, 4) is 0 Å². The quantitative estimate of drug-likeness (QED) is 0.812. The number of amides is 1. The number of carbonyl (C=O) groups is 1. The second-order valence-electron chi connectivity index (χ2n) is 5.72. The molecular formula is C13H26ClN3O. The molecule has 0 spiro atoms. The summed E-state index contributed by atoms with van der Waals surface area (Å²) in [6, 6.07) is 0.656. The first-order chi connectivity index (χ1) is 8.15. The van der Waals surface area contributed by atoms with Crippen LogP contribution in [0.2, 0.25) is 0 Å². The molecule has 1 aliphatic heterocycles. The van der Waals surface area contributed by atoms with Crippen LogP contribution in [0.15, 0.2) is 0 Å². The van der Waals surface area contributed by atoms with E-state index in [1.807, 2.05) is 0 Å². The van der Waals surface area contributed by atoms with Crippen LogP contribution in [0, 0.1) is 5.92 Å². The van der Waals surface area contributed by atoms with Crippen LogP contribution >= 0.6 is 12.4 Å². The standard InChI is InChI=1S/C13H25N3O.ClH/c1-10-4-2-3-5-12(10)15-13(17)9-16-7-6-11(14)8-16;/h10-12H,2-9,14H2,1H3,(H,15,17);1H. The summed E-state index contributed by atoms with van der Waals surface area (Å²) in [7, 11) is 0. The maximum atomic E-state index is 11.9. The van der Waals surface area contributed by atoms with E-state index in [1.165, 1.54) is 19.3 Å². The number of rotatable bonds is 3. The molecule has 0 radical (unpaired) electrons. The summed E-state index contributed by atoms with van der Waals surface area (Å²) in [5.74, 6) is 0.811. The molecule has 106 valence electrons. The third-order valence-corrected chi connectivity index (χ3v) is 4.13. The van der Waals surface area contributed by atoms with Gasteiger partial charge >= 0.3 is 0 Å². The maximum absolute atomic E-state index is 11.9. The minimum Gasteiger partial charge on any atom is -0.352 e. The van der Waals surface area contributed by atoms with Gasteiger partial charge < -0.3 is 11.1 Å². The van der Waals surface area contributed by atoms with E-state index < -0.39 is 0 Å². The van der Waals surface area contributed by atoms with E-state index >= 15 is 0 Å². The topological polar surface area (TPSA) is 58.4 Å². The molecule has 0 aromatic rings. The first-order valence-electron chi connectivity index (χ1n) is 6.92. The van der Waals surface area contributed by atoms with Crippen LogP contribution in [0.5, 0.6) is 0 Å². The molecule has 0 bridgehead atoms. The Hall–Kier alpha value is -0.320. The maximum Gasteiger partial charge on any atom is 0.234 e. The van der Waals surface area contributed by atoms with Gasteiger partial charge in [-0.25, -0.2) is 0 Å². The van der Waals surface area contributed by atoms with Gasteiger partial charge in [-0.15, -0.1) is 12.4 Å². The summed E-state index contributed by atoms with van der Waals surface area (Å²) in [4.78, 5) is 14.1. The van der Waals surface area contributed by atoms with Crippen molar-refractivity contribution in [3.05, 3.63) is 0 Å². The molecule has 0 aromatic carbocycles. The number of hydrogen-bond donors (Lipinski definition) is 2. The van der Waals surface area contributed by atoms with Crippen LogP contribution in [0.4, 0.5) is 0 Å². The third-order valence-electron chi connectivity index (χ3n) is 4.13. The van der Waals surface area contributed by atoms with E-state index in [9.17, 15) is 4.79 Å². The Morgan fingerprint density at radius 1 is 1.33 bits per heavy atom. The van der Waals surface area contributed by atoms with Gasteiger partial charge in [0.1, 0.15) is 0 Å². The van der Waals surface area contributed by atoms with Gasteiger partial charge in [0.2, 0.25) is 5.91 Å². The molecule has 3 N–H and O–H groups in total. The third kappa shape index (κ3) is 4.41. The van der Waals surface area contributed by atoms with Crippen LogP contribution in [-0.2, 0) is 4.79 Å². The van der Waals surface area contributed by atoms with Crippen molar-refractivity contribution in [1.29, 1.82) is 0 Å². The van der Waals surface area contributed by atoms with Gasteiger partial charge in [-0.3, -0.25) is 9.69 Å². The highest BCUT2D eigenvalue weighted by Gasteiger charge is 2.25. The van der Waals surface area contributed by atoms with Gasteiger partial charge in [0.25, 0.3) is 0 Å². The lowest BCUT2D eigenvalue weighted by Crippen LogP contribution is -2.45. The van der Waals surface area contributed by atoms with Crippen molar-refractivity contribution < 1.29 is 4.79 Å². The zero-order chi connectivity index (χ0) is 12.3. The molecule has 1 amide bonds. The van der Waals surface area contributed by atoms with Gasteiger partial charge in [-0.05, 0) is 25.2 Å². The molecule has 3 unspecified atom stereocenters. The van der Waals surface area contributed by atoms with E-state index in [2.05, 4.69) is 17.1 Å². The average Bonchev–Trinajstić information content (AvgIpc) is 2.67. The van der Waals surface area contributed by atoms with Crippen LogP contribution in [-0.4, -0.2) is 42.5 Å². The molecule has 1 aliphatic carbocycles. The Morgan fingerprint density at radius 2 is 2.06 bits per heavy atom. The highest BCUT2D eigenvalue weighted by Crippen LogP contribution is 2.23. The molecule has 1 saturated heterocycles. The minimum atomic E-state index is 0. The Bertz CT molecular complexity index is 275. The number of nitrogens with one attached hydrogen (secondary N) is 1. The molecule has 1 saturated carbocycles. The lowest BCUT2D eigenvalue weighted by Gasteiger charge is -2.30. The van der Waals surface area contributed by atoms with E-state index in [1.54, 1.807) is 0 Å². The van der Waals surface area contributed by atoms with Gasteiger partial charge in [-0.1, -0.05) is 19.8 Å². The number of nitrogens with zero attached hydrogens (tertiary/aromatic N) is 1.